The largest absolute Gasteiger partial charge is 0.469 e. The molecule has 0 aliphatic heterocycles. The summed E-state index contributed by atoms with van der Waals surface area (Å²) in [6.45, 7) is 0. The molecule has 0 aliphatic rings. The third-order valence-corrected chi connectivity index (χ3v) is 5.34. The van der Waals surface area contributed by atoms with Crippen molar-refractivity contribution in [2.45, 2.75) is 64.1 Å². The minimum atomic E-state index is -0.956. The Hall–Kier alpha value is -5.31. The number of carbonyl (C=O) groups is 5. The summed E-state index contributed by atoms with van der Waals surface area (Å²) >= 11 is 0. The van der Waals surface area contributed by atoms with Crippen LogP contribution in [0.3, 0.4) is 0 Å². The second-order valence-electron chi connectivity index (χ2n) is 8.61. The number of esters is 5. The van der Waals surface area contributed by atoms with Crippen LogP contribution in [0.15, 0.2) is 35.3 Å². The molecule has 272 valence electrons. The molecule has 0 aliphatic carbocycles. The first-order valence-electron chi connectivity index (χ1n) is 13.6. The van der Waals surface area contributed by atoms with Gasteiger partial charge in [-0.2, -0.15) is 0 Å². The fourth-order valence-corrected chi connectivity index (χ4v) is 2.72. The number of rotatable bonds is 19. The van der Waals surface area contributed by atoms with E-state index in [2.05, 4.69) is 28.4 Å². The van der Waals surface area contributed by atoms with E-state index in [1.54, 1.807) is 0 Å². The van der Waals surface area contributed by atoms with Gasteiger partial charge in [0.05, 0.1) is 50.3 Å². The third kappa shape index (κ3) is 27.0. The molecule has 48 heavy (non-hydrogen) atoms. The van der Waals surface area contributed by atoms with Crippen LogP contribution in [0.5, 0.6) is 0 Å². The monoisotopic (exact) mass is 695 g/mol. The van der Waals surface area contributed by atoms with Gasteiger partial charge < -0.3 is 33.5 Å². The summed E-state index contributed by atoms with van der Waals surface area (Å²) in [5.41, 5.74) is -0.804. The number of nitro groups is 3. The molecular formula is C27H41N3O18. The number of methoxy groups -OCH3 is 6. The van der Waals surface area contributed by atoms with Crippen molar-refractivity contribution in [2.75, 3.05) is 42.7 Å². The van der Waals surface area contributed by atoms with Gasteiger partial charge in [-0.3, -0.25) is 54.3 Å². The minimum absolute atomic E-state index is 0.0367. The maximum Gasteiger partial charge on any atom is 0.316 e. The van der Waals surface area contributed by atoms with Crippen molar-refractivity contribution in [3.63, 3.8) is 0 Å². The van der Waals surface area contributed by atoms with Crippen molar-refractivity contribution in [2.24, 2.45) is 0 Å². The summed E-state index contributed by atoms with van der Waals surface area (Å²) in [6.07, 6.45) is 2.41. The molecule has 1 unspecified atom stereocenters. The molecule has 0 aromatic heterocycles. The molecule has 21 nitrogen and oxygen atoms in total. The van der Waals surface area contributed by atoms with Crippen LogP contribution in [0.4, 0.5) is 0 Å². The van der Waals surface area contributed by atoms with Gasteiger partial charge in [0.2, 0.25) is 0 Å². The lowest BCUT2D eigenvalue weighted by atomic mass is 10.2. The van der Waals surface area contributed by atoms with E-state index in [0.29, 0.717) is 0 Å². The molecule has 1 atom stereocenters. The number of hydrogen-bond donors (Lipinski definition) is 1. The van der Waals surface area contributed by atoms with Gasteiger partial charge >= 0.3 is 29.8 Å². The van der Waals surface area contributed by atoms with E-state index < -0.39 is 63.7 Å². The average molecular weight is 696 g/mol. The number of ether oxygens (including phenoxy) is 6. The number of nitrogens with zero attached hydrogens (tertiary/aromatic N) is 3. The molecule has 0 saturated carbocycles. The molecule has 0 aromatic carbocycles. The van der Waals surface area contributed by atoms with Crippen LogP contribution in [-0.2, 0) is 52.4 Å². The van der Waals surface area contributed by atoms with Crippen LogP contribution in [-0.4, -0.2) is 98.7 Å². The molecule has 0 heterocycles. The van der Waals surface area contributed by atoms with Crippen LogP contribution in [0.2, 0.25) is 0 Å². The first kappa shape index (κ1) is 47.1. The summed E-state index contributed by atoms with van der Waals surface area (Å²) in [5.74, 6) is -2.98. The first-order valence-corrected chi connectivity index (χ1v) is 13.6. The van der Waals surface area contributed by atoms with E-state index >= 15 is 0 Å². The molecule has 0 amide bonds. The molecule has 1 N–H and O–H groups in total. The highest BCUT2D eigenvalue weighted by molar-refractivity contribution is 5.73. The van der Waals surface area contributed by atoms with Crippen molar-refractivity contribution in [3.8, 4) is 0 Å². The highest BCUT2D eigenvalue weighted by atomic mass is 16.6. The topological polar surface area (TPSA) is 290 Å². The Morgan fingerprint density at radius 2 is 0.812 bits per heavy atom. The zero-order valence-corrected chi connectivity index (χ0v) is 27.4. The van der Waals surface area contributed by atoms with Crippen molar-refractivity contribution in [3.05, 3.63) is 65.7 Å². The van der Waals surface area contributed by atoms with E-state index in [9.17, 15) is 54.3 Å². The molecular weight excluding hydrogens is 654 g/mol. The van der Waals surface area contributed by atoms with Crippen LogP contribution < -0.4 is 0 Å². The van der Waals surface area contributed by atoms with E-state index in [1.165, 1.54) is 39.6 Å². The van der Waals surface area contributed by atoms with Gasteiger partial charge in [0.15, 0.2) is 6.29 Å². The molecule has 0 radical (unpaired) electrons. The average Bonchev–Trinajstić information content (AvgIpc) is 3.06. The Morgan fingerprint density at radius 1 is 0.542 bits per heavy atom. The summed E-state index contributed by atoms with van der Waals surface area (Å²) in [4.78, 5) is 83.5. The zero-order valence-electron chi connectivity index (χ0n) is 27.4. The Bertz CT molecular complexity index is 1120. The maximum atomic E-state index is 10.8. The molecule has 0 saturated heterocycles. The van der Waals surface area contributed by atoms with Gasteiger partial charge in [-0.05, 0) is 37.5 Å². The SMILES string of the molecule is COC(=O)C/C(=C/CCC(O)OC)[N+](=O)[O-].COC(=O)CC/C=C(/CC(=O)OC)[N+](=O)[O-].COC(=O)CC/C=C(/CC(=O)OC)[N+](=O)[O-]. The Morgan fingerprint density at radius 3 is 1.04 bits per heavy atom. The minimum Gasteiger partial charge on any atom is -0.469 e. The lowest BCUT2D eigenvalue weighted by molar-refractivity contribution is -0.427. The molecule has 0 bridgehead atoms. The zero-order chi connectivity index (χ0) is 37.7. The van der Waals surface area contributed by atoms with Crippen molar-refractivity contribution >= 4 is 29.8 Å². The van der Waals surface area contributed by atoms with E-state index in [0.717, 1.165) is 21.3 Å². The smallest absolute Gasteiger partial charge is 0.316 e. The van der Waals surface area contributed by atoms with Gasteiger partial charge in [-0.25, -0.2) is 0 Å². The van der Waals surface area contributed by atoms with Gasteiger partial charge in [0.1, 0.15) is 19.3 Å². The second kappa shape index (κ2) is 29.1. The van der Waals surface area contributed by atoms with E-state index in [1.807, 2.05) is 0 Å². The third-order valence-electron chi connectivity index (χ3n) is 5.34. The number of hydrogen-bond acceptors (Lipinski definition) is 18. The lowest BCUT2D eigenvalue weighted by Gasteiger charge is -2.05. The van der Waals surface area contributed by atoms with Crippen molar-refractivity contribution in [1.29, 1.82) is 0 Å². The predicted molar refractivity (Wildman–Crippen MR) is 160 cm³/mol. The Balaban J connectivity index is -0.000000633. The normalized spacial score (nSPS) is 11.6. The fraction of sp³-hybridized carbons (Fsp3) is 0.593. The van der Waals surface area contributed by atoms with Crippen LogP contribution in [0, 0.1) is 30.3 Å². The highest BCUT2D eigenvalue weighted by Crippen LogP contribution is 2.09. The molecule has 0 rings (SSSR count). The highest BCUT2D eigenvalue weighted by Gasteiger charge is 2.18. The summed E-state index contributed by atoms with van der Waals surface area (Å²) < 4.78 is 26.2. The Kier molecular flexibility index (Phi) is 28.6. The van der Waals surface area contributed by atoms with Crippen LogP contribution in [0.1, 0.15) is 57.8 Å². The molecule has 0 fully saturated rings. The molecule has 0 spiro atoms. The maximum absolute atomic E-state index is 10.8. The molecule has 0 aromatic rings. The van der Waals surface area contributed by atoms with Gasteiger partial charge in [0.25, 0.3) is 17.1 Å². The first-order chi connectivity index (χ1) is 22.5. The standard InChI is InChI=1S/C9H15NO6.2C9H13NO6/c3*1-15-8(11)5-3-4-7(10(13)14)6-9(12)16-2/h4,8,11H,3,5-6H2,1-2H3;2*4H,3,5-6H2,1-2H3/b3*7-4-. The number of aliphatic hydroxyl groups excluding tert-OH is 1. The quantitative estimate of drug-likeness (QED) is 0.0662. The fourth-order valence-electron chi connectivity index (χ4n) is 2.72. The summed E-state index contributed by atoms with van der Waals surface area (Å²) in [5, 5.41) is 40.6. The lowest BCUT2D eigenvalue weighted by Crippen LogP contribution is -2.10. The van der Waals surface area contributed by atoms with Gasteiger partial charge in [0, 0.05) is 26.4 Å². The number of carbonyl (C=O) groups excluding carboxylic acids is 5. The van der Waals surface area contributed by atoms with E-state index in [4.69, 9.17) is 5.11 Å². The second-order valence-corrected chi connectivity index (χ2v) is 8.61. The Labute approximate surface area is 274 Å². The summed E-state index contributed by atoms with van der Waals surface area (Å²) in [6, 6.07) is 0. The summed E-state index contributed by atoms with van der Waals surface area (Å²) in [7, 11) is 7.25. The van der Waals surface area contributed by atoms with Crippen LogP contribution in [0.25, 0.3) is 0 Å². The van der Waals surface area contributed by atoms with Gasteiger partial charge in [-0.15, -0.1) is 0 Å². The molecule has 21 heteroatoms. The van der Waals surface area contributed by atoms with Crippen molar-refractivity contribution in [1.82, 2.24) is 0 Å². The number of allylic oxidation sites excluding steroid dienone is 3. The van der Waals surface area contributed by atoms with Crippen molar-refractivity contribution < 1.29 is 72.3 Å². The van der Waals surface area contributed by atoms with Gasteiger partial charge in [-0.1, -0.05) is 0 Å². The number of aliphatic hydroxyl groups is 1. The van der Waals surface area contributed by atoms with Crippen LogP contribution >= 0.6 is 0 Å². The van der Waals surface area contributed by atoms with E-state index in [-0.39, 0.29) is 62.0 Å². The predicted octanol–water partition coefficient (Wildman–Crippen LogP) is 1.78.